The quantitative estimate of drug-likeness (QED) is 0.471. The van der Waals surface area contributed by atoms with Gasteiger partial charge in [-0.05, 0) is 24.6 Å². The lowest BCUT2D eigenvalue weighted by Gasteiger charge is -2.03. The van der Waals surface area contributed by atoms with Crippen molar-refractivity contribution < 1.29 is 9.72 Å². The third-order valence-corrected chi connectivity index (χ3v) is 2.53. The fraction of sp³-hybridized carbons (Fsp3) is 0.0769. The van der Waals surface area contributed by atoms with Gasteiger partial charge < -0.3 is 0 Å². The normalized spacial score (nSPS) is 10.1. The second kappa shape index (κ2) is 4.75. The van der Waals surface area contributed by atoms with E-state index in [-0.39, 0.29) is 11.3 Å². The fourth-order valence-corrected chi connectivity index (χ4v) is 1.61. The summed E-state index contributed by atoms with van der Waals surface area (Å²) < 4.78 is 0. The Balaban J connectivity index is 2.56. The third kappa shape index (κ3) is 2.40. The van der Waals surface area contributed by atoms with Crippen molar-refractivity contribution in [2.24, 2.45) is 0 Å². The molecule has 0 saturated heterocycles. The number of hydrogen-bond acceptors (Lipinski definition) is 4. The zero-order valence-electron chi connectivity index (χ0n) is 9.66. The van der Waals surface area contributed by atoms with E-state index in [0.29, 0.717) is 11.8 Å². The Morgan fingerprint density at radius 3 is 2.56 bits per heavy atom. The van der Waals surface area contributed by atoms with Gasteiger partial charge in [0.2, 0.25) is 0 Å². The van der Waals surface area contributed by atoms with E-state index in [9.17, 15) is 14.9 Å². The van der Waals surface area contributed by atoms with Crippen LogP contribution in [0.15, 0.2) is 36.5 Å². The van der Waals surface area contributed by atoms with E-state index in [1.807, 2.05) is 19.1 Å². The maximum absolute atomic E-state index is 10.8. The Morgan fingerprint density at radius 1 is 1.22 bits per heavy atom. The number of non-ortho nitro benzene ring substituents is 1. The van der Waals surface area contributed by atoms with Crippen LogP contribution in [0.2, 0.25) is 0 Å². The van der Waals surface area contributed by atoms with Gasteiger partial charge >= 0.3 is 0 Å². The van der Waals surface area contributed by atoms with E-state index in [2.05, 4.69) is 4.98 Å². The summed E-state index contributed by atoms with van der Waals surface area (Å²) >= 11 is 0. The number of carbonyl (C=O) groups excluding carboxylic acids is 1. The fourth-order valence-electron chi connectivity index (χ4n) is 1.61. The molecule has 1 aromatic carbocycles. The molecule has 18 heavy (non-hydrogen) atoms. The molecule has 0 spiro atoms. The van der Waals surface area contributed by atoms with Crippen LogP contribution < -0.4 is 0 Å². The minimum atomic E-state index is -0.516. The minimum absolute atomic E-state index is 0.102. The van der Waals surface area contributed by atoms with Crippen molar-refractivity contribution in [1.82, 2.24) is 4.98 Å². The number of aromatic nitrogens is 1. The van der Waals surface area contributed by atoms with E-state index < -0.39 is 4.92 Å². The van der Waals surface area contributed by atoms with Crippen LogP contribution in [-0.4, -0.2) is 16.2 Å². The van der Waals surface area contributed by atoms with Gasteiger partial charge in [-0.15, -0.1) is 0 Å². The van der Waals surface area contributed by atoms with Gasteiger partial charge in [-0.1, -0.05) is 6.07 Å². The summed E-state index contributed by atoms with van der Waals surface area (Å²) in [6.07, 6.45) is 2.22. The van der Waals surface area contributed by atoms with Gasteiger partial charge in [0, 0.05) is 35.2 Å². The molecule has 0 atom stereocenters. The Bertz CT molecular complexity index is 606. The molecular formula is C13H10N2O3. The second-order valence-electron chi connectivity index (χ2n) is 3.88. The van der Waals surface area contributed by atoms with Gasteiger partial charge in [-0.2, -0.15) is 0 Å². The van der Waals surface area contributed by atoms with E-state index >= 15 is 0 Å². The van der Waals surface area contributed by atoms with Gasteiger partial charge in [0.25, 0.3) is 5.69 Å². The number of benzene rings is 1. The monoisotopic (exact) mass is 242 g/mol. The number of nitro groups is 1. The molecule has 5 heteroatoms. The molecule has 0 fully saturated rings. The zero-order chi connectivity index (χ0) is 13.1. The number of aldehydes is 1. The first-order valence-electron chi connectivity index (χ1n) is 5.28. The van der Waals surface area contributed by atoms with Gasteiger partial charge in [0.1, 0.15) is 6.29 Å². The molecule has 90 valence electrons. The summed E-state index contributed by atoms with van der Waals surface area (Å²) in [6, 6.07) is 7.91. The van der Waals surface area contributed by atoms with E-state index in [1.54, 1.807) is 12.3 Å². The number of pyridine rings is 1. The lowest BCUT2D eigenvalue weighted by Crippen LogP contribution is -1.92. The van der Waals surface area contributed by atoms with Gasteiger partial charge in [-0.3, -0.25) is 19.9 Å². The Labute approximate surface area is 103 Å². The van der Waals surface area contributed by atoms with Crippen molar-refractivity contribution in [2.45, 2.75) is 6.92 Å². The first-order chi connectivity index (χ1) is 8.60. The van der Waals surface area contributed by atoms with Crippen molar-refractivity contribution in [3.8, 4) is 11.1 Å². The maximum atomic E-state index is 10.8. The van der Waals surface area contributed by atoms with E-state index in [4.69, 9.17) is 0 Å². The first-order valence-corrected chi connectivity index (χ1v) is 5.28. The molecule has 0 saturated carbocycles. The number of aryl methyl sites for hydroxylation is 1. The van der Waals surface area contributed by atoms with Crippen LogP contribution in [0.3, 0.4) is 0 Å². The van der Waals surface area contributed by atoms with Crippen molar-refractivity contribution in [1.29, 1.82) is 0 Å². The molecule has 2 rings (SSSR count). The minimum Gasteiger partial charge on any atom is -0.298 e. The highest BCUT2D eigenvalue weighted by Crippen LogP contribution is 2.25. The summed E-state index contributed by atoms with van der Waals surface area (Å²) in [5, 5.41) is 10.8. The van der Waals surface area contributed by atoms with Gasteiger partial charge in [0.15, 0.2) is 0 Å². The summed E-state index contributed by atoms with van der Waals surface area (Å²) in [6.45, 7) is 1.86. The predicted molar refractivity (Wildman–Crippen MR) is 66.5 cm³/mol. The van der Waals surface area contributed by atoms with E-state index in [1.165, 1.54) is 12.1 Å². The summed E-state index contributed by atoms with van der Waals surface area (Å²) in [5.41, 5.74) is 2.39. The molecule has 2 aromatic rings. The van der Waals surface area contributed by atoms with Crippen molar-refractivity contribution >= 4 is 12.0 Å². The molecule has 0 aliphatic carbocycles. The Kier molecular flexibility index (Phi) is 3.14. The highest BCUT2D eigenvalue weighted by atomic mass is 16.6. The van der Waals surface area contributed by atoms with Crippen molar-refractivity contribution in [3.05, 3.63) is 57.9 Å². The van der Waals surface area contributed by atoms with Crippen LogP contribution in [0.1, 0.15) is 16.1 Å². The van der Waals surface area contributed by atoms with Crippen molar-refractivity contribution in [2.75, 3.05) is 0 Å². The third-order valence-electron chi connectivity index (χ3n) is 2.53. The average molecular weight is 242 g/mol. The Morgan fingerprint density at radius 2 is 2.00 bits per heavy atom. The SMILES string of the molecule is Cc1ccc(-c2cc(C=O)cc([N+](=O)[O-])c2)cn1. The largest absolute Gasteiger partial charge is 0.298 e. The number of hydrogen-bond donors (Lipinski definition) is 0. The highest BCUT2D eigenvalue weighted by molar-refractivity contribution is 5.81. The number of carbonyl (C=O) groups is 1. The highest BCUT2D eigenvalue weighted by Gasteiger charge is 2.10. The molecule has 0 aliphatic rings. The molecule has 0 bridgehead atoms. The Hall–Kier alpha value is -2.56. The summed E-state index contributed by atoms with van der Waals surface area (Å²) in [7, 11) is 0. The van der Waals surface area contributed by atoms with Crippen LogP contribution in [0.4, 0.5) is 5.69 Å². The predicted octanol–water partition coefficient (Wildman–Crippen LogP) is 2.78. The number of rotatable bonds is 3. The van der Waals surface area contributed by atoms with Gasteiger partial charge in [0.05, 0.1) is 4.92 Å². The molecule has 0 aliphatic heterocycles. The second-order valence-corrected chi connectivity index (χ2v) is 3.88. The van der Waals surface area contributed by atoms with Crippen LogP contribution >= 0.6 is 0 Å². The molecule has 1 heterocycles. The molecule has 0 N–H and O–H groups in total. The first kappa shape index (κ1) is 11.9. The molecular weight excluding hydrogens is 232 g/mol. The number of nitrogens with zero attached hydrogens (tertiary/aromatic N) is 2. The topological polar surface area (TPSA) is 73.1 Å². The summed E-state index contributed by atoms with van der Waals surface area (Å²) in [4.78, 5) is 25.2. The van der Waals surface area contributed by atoms with Crippen LogP contribution in [0.25, 0.3) is 11.1 Å². The number of nitro benzene ring substituents is 1. The lowest BCUT2D eigenvalue weighted by molar-refractivity contribution is -0.384. The molecule has 0 amide bonds. The van der Waals surface area contributed by atoms with Gasteiger partial charge in [-0.25, -0.2) is 0 Å². The van der Waals surface area contributed by atoms with Crippen molar-refractivity contribution in [3.63, 3.8) is 0 Å². The smallest absolute Gasteiger partial charge is 0.270 e. The average Bonchev–Trinajstić information content (AvgIpc) is 2.39. The summed E-state index contributed by atoms with van der Waals surface area (Å²) in [5.74, 6) is 0. The molecule has 1 aromatic heterocycles. The van der Waals surface area contributed by atoms with Crippen LogP contribution in [0, 0.1) is 17.0 Å². The molecule has 0 unspecified atom stereocenters. The standard InChI is InChI=1S/C13H10N2O3/c1-9-2-3-11(7-14-9)12-4-10(8-16)5-13(6-12)15(17)18/h2-8H,1H3. The maximum Gasteiger partial charge on any atom is 0.270 e. The van der Waals surface area contributed by atoms with E-state index in [0.717, 1.165) is 11.3 Å². The van der Waals surface area contributed by atoms with Crippen LogP contribution in [-0.2, 0) is 0 Å². The lowest BCUT2D eigenvalue weighted by atomic mass is 10.0. The van der Waals surface area contributed by atoms with Crippen LogP contribution in [0.5, 0.6) is 0 Å². The molecule has 0 radical (unpaired) electrons. The zero-order valence-corrected chi connectivity index (χ0v) is 9.66. The molecule has 5 nitrogen and oxygen atoms in total.